The van der Waals surface area contributed by atoms with E-state index in [-0.39, 0.29) is 42.5 Å². The van der Waals surface area contributed by atoms with Gasteiger partial charge in [0.15, 0.2) is 36.7 Å². The van der Waals surface area contributed by atoms with Crippen LogP contribution in [0.3, 0.4) is 0 Å². The van der Waals surface area contributed by atoms with E-state index in [1.807, 2.05) is 39.0 Å². The van der Waals surface area contributed by atoms with Crippen molar-refractivity contribution in [2.24, 2.45) is 11.8 Å². The smallest absolute Gasteiger partial charge is 0.410 e. The fraction of sp³-hybridized carbons (Fsp3) is 0.830. The molecule has 0 aliphatic carbocycles. The molecule has 3 rings (SSSR count). The Balaban J connectivity index is 2.05. The second-order valence-electron chi connectivity index (χ2n) is 20.8. The lowest BCUT2D eigenvalue weighted by Gasteiger charge is -2.40. The van der Waals surface area contributed by atoms with E-state index in [0.29, 0.717) is 39.0 Å². The summed E-state index contributed by atoms with van der Waals surface area (Å²) in [6.07, 6.45) is 10.4. The number of cyclic esters (lactones) is 1. The van der Waals surface area contributed by atoms with Crippen molar-refractivity contribution in [1.29, 1.82) is 0 Å². The minimum atomic E-state index is -2.20. The van der Waals surface area contributed by atoms with Crippen molar-refractivity contribution in [3.8, 4) is 0 Å². The Kier molecular flexibility index (Phi) is 24.5. The number of nitrogens with zero attached hydrogens (tertiary/aromatic N) is 1. The second-order valence-corrected chi connectivity index (χ2v) is 34.9. The largest absolute Gasteiger partial charge is 0.457 e. The first kappa shape index (κ1) is 60.2. The summed E-state index contributed by atoms with van der Waals surface area (Å²) >= 11 is 0. The van der Waals surface area contributed by atoms with Gasteiger partial charge in [-0.15, -0.1) is 0 Å². The minimum absolute atomic E-state index is 0.0535. The fourth-order valence-electron chi connectivity index (χ4n) is 10.7. The van der Waals surface area contributed by atoms with Crippen LogP contribution in [0, 0.1) is 11.8 Å². The van der Waals surface area contributed by atoms with E-state index >= 15 is 0 Å². The normalized spacial score (nSPS) is 28.1. The van der Waals surface area contributed by atoms with Gasteiger partial charge in [0.25, 0.3) is 0 Å². The van der Waals surface area contributed by atoms with Crippen molar-refractivity contribution >= 4 is 43.0 Å². The van der Waals surface area contributed by atoms with E-state index < -0.39 is 66.5 Å². The Morgan fingerprint density at radius 3 is 2.00 bits per heavy atom. The third-order valence-corrected chi connectivity index (χ3v) is 30.5. The highest BCUT2D eigenvalue weighted by atomic mass is 28.4. The standard InChI is InChI=1S/C53H98N2O10Si3/c1-17-45(64-67(21-5,22-6)23-7)42(13)50-46(60-50)39-52(15,65-68(24-8,25-9)26-10)32-27-28-40(11)49-41(12)29-30-47(59-43(14)56)53(16,62-51(58)55-36-34-54-35-37-55)33-31-44(38-48(57)61-49)63-66(18-2,19-3)20-4/h27-30,32,41-42,44-47,49-50,54H,17-26,31,33-39H2,1-16H3/b30-29+,32-27+,40-28+/t41-,42+,44+,45-,46+,47-,49+,50+,52-,53+/m0/s1. The monoisotopic (exact) mass is 1010 g/mol. The van der Waals surface area contributed by atoms with Gasteiger partial charge >= 0.3 is 18.0 Å². The number of allylic oxidation sites excluding steroid dienone is 2. The highest BCUT2D eigenvalue weighted by molar-refractivity contribution is 6.74. The number of rotatable bonds is 25. The number of ether oxygens (including phenoxy) is 4. The Morgan fingerprint density at radius 1 is 0.897 bits per heavy atom. The summed E-state index contributed by atoms with van der Waals surface area (Å²) < 4.78 is 46.9. The molecule has 0 radical (unpaired) electrons. The van der Waals surface area contributed by atoms with Gasteiger partial charge in [-0.2, -0.15) is 0 Å². The maximum atomic E-state index is 14.2. The number of hydrogen-bond acceptors (Lipinski definition) is 11. The molecule has 3 aliphatic rings. The first-order valence-corrected chi connectivity index (χ1v) is 34.6. The van der Waals surface area contributed by atoms with Gasteiger partial charge in [0, 0.05) is 57.5 Å². The Hall–Kier alpha value is -2.12. The van der Waals surface area contributed by atoms with Gasteiger partial charge in [-0.3, -0.25) is 9.59 Å². The van der Waals surface area contributed by atoms with Crippen LogP contribution >= 0.6 is 0 Å². The van der Waals surface area contributed by atoms with Gasteiger partial charge < -0.3 is 42.4 Å². The van der Waals surface area contributed by atoms with Crippen molar-refractivity contribution in [3.05, 3.63) is 36.0 Å². The van der Waals surface area contributed by atoms with Gasteiger partial charge in [-0.1, -0.05) is 107 Å². The van der Waals surface area contributed by atoms with Gasteiger partial charge in [0.2, 0.25) is 0 Å². The van der Waals surface area contributed by atoms with Crippen molar-refractivity contribution in [1.82, 2.24) is 10.2 Å². The topological polar surface area (TPSA) is 134 Å². The van der Waals surface area contributed by atoms with E-state index in [9.17, 15) is 14.4 Å². The predicted molar refractivity (Wildman–Crippen MR) is 283 cm³/mol. The number of carbonyl (C=O) groups excluding carboxylic acids is 3. The molecule has 0 unspecified atom stereocenters. The lowest BCUT2D eigenvalue weighted by molar-refractivity contribution is -0.158. The molecule has 1 N–H and O–H groups in total. The van der Waals surface area contributed by atoms with Crippen LogP contribution in [0.15, 0.2) is 36.0 Å². The Morgan fingerprint density at radius 2 is 1.47 bits per heavy atom. The molecule has 2 saturated heterocycles. The van der Waals surface area contributed by atoms with Crippen molar-refractivity contribution in [3.63, 3.8) is 0 Å². The molecule has 10 atom stereocenters. The number of carbonyl (C=O) groups is 3. The minimum Gasteiger partial charge on any atom is -0.457 e. The molecule has 0 saturated carbocycles. The quantitative estimate of drug-likeness (QED) is 0.0234. The maximum Gasteiger partial charge on any atom is 0.410 e. The van der Waals surface area contributed by atoms with E-state index in [4.69, 9.17) is 32.2 Å². The van der Waals surface area contributed by atoms with Crippen LogP contribution in [0.4, 0.5) is 4.79 Å². The molecule has 15 heteroatoms. The number of esters is 2. The fourth-order valence-corrected chi connectivity index (χ4v) is 19.7. The summed E-state index contributed by atoms with van der Waals surface area (Å²) in [5.41, 5.74) is -0.971. The summed E-state index contributed by atoms with van der Waals surface area (Å²) in [5, 5.41) is 3.29. The Bertz CT molecular complexity index is 1640. The van der Waals surface area contributed by atoms with E-state index in [2.05, 4.69) is 101 Å². The van der Waals surface area contributed by atoms with Crippen LogP contribution in [0.5, 0.6) is 0 Å². The average Bonchev–Trinajstić information content (AvgIpc) is 4.10. The summed E-state index contributed by atoms with van der Waals surface area (Å²) in [6, 6.07) is 9.21. The molecular formula is C53H98N2O10Si3. The molecule has 3 heterocycles. The molecule has 2 fully saturated rings. The average molecular weight is 1010 g/mol. The number of nitrogens with one attached hydrogen (secondary N) is 1. The van der Waals surface area contributed by atoms with Crippen LogP contribution in [-0.2, 0) is 41.8 Å². The molecular weight excluding hydrogens is 909 g/mol. The van der Waals surface area contributed by atoms with Crippen LogP contribution in [0.25, 0.3) is 0 Å². The molecule has 0 aromatic rings. The van der Waals surface area contributed by atoms with Crippen LogP contribution < -0.4 is 5.32 Å². The van der Waals surface area contributed by atoms with Crippen molar-refractivity contribution in [2.45, 2.75) is 245 Å². The van der Waals surface area contributed by atoms with E-state index in [1.54, 1.807) is 4.90 Å². The van der Waals surface area contributed by atoms with Gasteiger partial charge in [-0.05, 0) is 106 Å². The first-order chi connectivity index (χ1) is 32.2. The van der Waals surface area contributed by atoms with Crippen molar-refractivity contribution in [2.75, 3.05) is 26.2 Å². The molecule has 0 aromatic carbocycles. The summed E-state index contributed by atoms with van der Waals surface area (Å²) in [4.78, 5) is 42.5. The van der Waals surface area contributed by atoms with Gasteiger partial charge in [-0.25, -0.2) is 4.79 Å². The van der Waals surface area contributed by atoms with E-state index in [1.165, 1.54) is 6.92 Å². The third-order valence-electron chi connectivity index (χ3n) is 16.3. The number of piperazine rings is 1. The summed E-state index contributed by atoms with van der Waals surface area (Å²) in [6.45, 7) is 36.5. The predicted octanol–water partition coefficient (Wildman–Crippen LogP) is 12.3. The zero-order valence-corrected chi connectivity index (χ0v) is 48.8. The lowest BCUT2D eigenvalue weighted by atomic mass is 9.88. The Labute approximate surface area is 417 Å². The molecule has 0 aromatic heterocycles. The van der Waals surface area contributed by atoms with Crippen LogP contribution in [0.1, 0.15) is 143 Å². The molecule has 68 heavy (non-hydrogen) atoms. The SMILES string of the molecule is CC[C@H](O[Si](CC)(CC)CC)[C@@H](C)[C@H]1O[C@@H]1C[C@](C)(/C=C/C=C(\C)[C@H]1OC(=O)C[C@H](O[Si](CC)(CC)CC)CC[C@@](C)(OC(=O)N2CCNCC2)[C@@H](OC(C)=O)/C=C/[C@@H]1C)O[Si](CC)(CC)CC. The molecule has 1 amide bonds. The van der Waals surface area contributed by atoms with E-state index in [0.717, 1.165) is 72.8 Å². The van der Waals surface area contributed by atoms with Crippen LogP contribution in [0.2, 0.25) is 54.4 Å². The third kappa shape index (κ3) is 16.7. The first-order valence-electron chi connectivity index (χ1n) is 27.0. The number of epoxide rings is 1. The molecule has 0 bridgehead atoms. The summed E-state index contributed by atoms with van der Waals surface area (Å²) in [7, 11) is -6.05. The number of amides is 1. The zero-order valence-electron chi connectivity index (χ0n) is 45.8. The van der Waals surface area contributed by atoms with Gasteiger partial charge in [0.1, 0.15) is 6.10 Å². The number of hydrogen-bond donors (Lipinski definition) is 1. The second kappa shape index (κ2) is 27.6. The van der Waals surface area contributed by atoms with Gasteiger partial charge in [0.05, 0.1) is 30.3 Å². The highest BCUT2D eigenvalue weighted by Crippen LogP contribution is 2.43. The lowest BCUT2D eigenvalue weighted by Crippen LogP contribution is -2.52. The van der Waals surface area contributed by atoms with Crippen molar-refractivity contribution < 1.29 is 46.6 Å². The zero-order chi connectivity index (χ0) is 50.9. The molecule has 0 spiro atoms. The van der Waals surface area contributed by atoms with Crippen LogP contribution in [-0.4, -0.2) is 122 Å². The maximum absolute atomic E-state index is 14.2. The highest BCUT2D eigenvalue weighted by Gasteiger charge is 2.51. The summed E-state index contributed by atoms with van der Waals surface area (Å²) in [5.74, 6) is -0.877. The molecule has 392 valence electrons. The molecule has 3 aliphatic heterocycles. The molecule has 12 nitrogen and oxygen atoms in total.